The molecule has 2 atom stereocenters. The quantitative estimate of drug-likeness (QED) is 0.792. The molecule has 4 nitrogen and oxygen atoms in total. The predicted molar refractivity (Wildman–Crippen MR) is 74.5 cm³/mol. The van der Waals surface area contributed by atoms with Crippen LogP contribution in [0.2, 0.25) is 0 Å². The highest BCUT2D eigenvalue weighted by molar-refractivity contribution is 6.02. The molecule has 4 heteroatoms. The van der Waals surface area contributed by atoms with Gasteiger partial charge in [0.25, 0.3) is 5.91 Å². The molecule has 0 N–H and O–H groups in total. The van der Waals surface area contributed by atoms with Gasteiger partial charge >= 0.3 is 0 Å². The Kier molecular flexibility index (Phi) is 3.83. The van der Waals surface area contributed by atoms with E-state index in [-0.39, 0.29) is 23.8 Å². The van der Waals surface area contributed by atoms with E-state index in [1.807, 2.05) is 30.3 Å². The molecule has 2 heterocycles. The van der Waals surface area contributed by atoms with Crippen molar-refractivity contribution in [3.63, 3.8) is 0 Å². The van der Waals surface area contributed by atoms with Crippen LogP contribution >= 0.6 is 0 Å². The number of hydrogen-bond donors (Lipinski definition) is 0. The molecule has 2 fully saturated rings. The number of likely N-dealkylation sites (tertiary alicyclic amines) is 1. The van der Waals surface area contributed by atoms with E-state index >= 15 is 0 Å². The number of ketones is 1. The van der Waals surface area contributed by atoms with E-state index in [9.17, 15) is 9.59 Å². The fourth-order valence-corrected chi connectivity index (χ4v) is 3.06. The van der Waals surface area contributed by atoms with E-state index in [0.29, 0.717) is 18.7 Å². The molecule has 0 spiro atoms. The highest BCUT2D eigenvalue weighted by Crippen LogP contribution is 2.25. The van der Waals surface area contributed by atoms with Crippen LogP contribution in [0.1, 0.15) is 36.0 Å². The largest absolute Gasteiger partial charge is 0.368 e. The van der Waals surface area contributed by atoms with Crippen LogP contribution in [0, 0.1) is 0 Å². The Balaban J connectivity index is 1.75. The Morgan fingerprint density at radius 3 is 2.60 bits per heavy atom. The van der Waals surface area contributed by atoms with Crippen LogP contribution in [0.4, 0.5) is 0 Å². The lowest BCUT2D eigenvalue weighted by Gasteiger charge is -2.26. The van der Waals surface area contributed by atoms with Crippen molar-refractivity contribution in [2.45, 2.75) is 37.8 Å². The summed E-state index contributed by atoms with van der Waals surface area (Å²) in [6.07, 6.45) is 3.02. The zero-order valence-electron chi connectivity index (χ0n) is 11.5. The van der Waals surface area contributed by atoms with E-state index in [0.717, 1.165) is 25.7 Å². The van der Waals surface area contributed by atoms with Crippen LogP contribution in [0.25, 0.3) is 0 Å². The number of benzene rings is 1. The van der Waals surface area contributed by atoms with Gasteiger partial charge in [0.05, 0.1) is 6.04 Å². The molecule has 2 aliphatic rings. The molecule has 106 valence electrons. The van der Waals surface area contributed by atoms with Crippen LogP contribution < -0.4 is 0 Å². The molecular formula is C16H19NO3. The van der Waals surface area contributed by atoms with Crippen molar-refractivity contribution in [3.05, 3.63) is 35.9 Å². The van der Waals surface area contributed by atoms with Crippen molar-refractivity contribution in [2.75, 3.05) is 13.2 Å². The highest BCUT2D eigenvalue weighted by Gasteiger charge is 2.38. The standard InChI is InChI=1S/C16H19NO3/c18-15(12-6-2-1-3-7-12)13-8-4-10-17(13)16(19)14-9-5-11-20-14/h1-3,6-7,13-14H,4-5,8-11H2. The number of hydrogen-bond acceptors (Lipinski definition) is 3. The van der Waals surface area contributed by atoms with Crippen molar-refractivity contribution >= 4 is 11.7 Å². The third-order valence-corrected chi connectivity index (χ3v) is 4.10. The summed E-state index contributed by atoms with van der Waals surface area (Å²) in [5.74, 6) is 0.0451. The smallest absolute Gasteiger partial charge is 0.252 e. The number of carbonyl (C=O) groups excluding carboxylic acids is 2. The summed E-state index contributed by atoms with van der Waals surface area (Å²) >= 11 is 0. The molecule has 0 saturated carbocycles. The second-order valence-electron chi connectivity index (χ2n) is 5.42. The van der Waals surface area contributed by atoms with Gasteiger partial charge in [0.2, 0.25) is 0 Å². The van der Waals surface area contributed by atoms with Gasteiger partial charge in [-0.3, -0.25) is 9.59 Å². The van der Waals surface area contributed by atoms with Crippen LogP contribution in [0.3, 0.4) is 0 Å². The van der Waals surface area contributed by atoms with Gasteiger partial charge in [0.1, 0.15) is 6.10 Å². The van der Waals surface area contributed by atoms with Crippen molar-refractivity contribution in [3.8, 4) is 0 Å². The number of Topliss-reactive ketones (excluding diaryl/α,β-unsaturated/α-hetero) is 1. The molecule has 0 radical (unpaired) electrons. The summed E-state index contributed by atoms with van der Waals surface area (Å²) < 4.78 is 5.46. The number of amides is 1. The first kappa shape index (κ1) is 13.3. The van der Waals surface area contributed by atoms with Gasteiger partial charge in [-0.05, 0) is 25.7 Å². The second-order valence-corrected chi connectivity index (χ2v) is 5.42. The summed E-state index contributed by atoms with van der Waals surface area (Å²) in [5, 5.41) is 0. The van der Waals surface area contributed by atoms with Crippen LogP contribution in [0.5, 0.6) is 0 Å². The second kappa shape index (κ2) is 5.75. The predicted octanol–water partition coefficient (Wildman–Crippen LogP) is 2.04. The fraction of sp³-hybridized carbons (Fsp3) is 0.500. The van der Waals surface area contributed by atoms with Crippen LogP contribution in [0.15, 0.2) is 30.3 Å². The van der Waals surface area contributed by atoms with Crippen molar-refractivity contribution in [1.29, 1.82) is 0 Å². The molecule has 1 aromatic carbocycles. The maximum atomic E-state index is 12.5. The van der Waals surface area contributed by atoms with E-state index < -0.39 is 0 Å². The molecule has 0 aliphatic carbocycles. The Labute approximate surface area is 118 Å². The van der Waals surface area contributed by atoms with Crippen LogP contribution in [-0.2, 0) is 9.53 Å². The zero-order chi connectivity index (χ0) is 13.9. The first-order chi connectivity index (χ1) is 9.77. The topological polar surface area (TPSA) is 46.6 Å². The first-order valence-corrected chi connectivity index (χ1v) is 7.29. The van der Waals surface area contributed by atoms with Gasteiger partial charge in [-0.15, -0.1) is 0 Å². The monoisotopic (exact) mass is 273 g/mol. The van der Waals surface area contributed by atoms with Crippen LogP contribution in [-0.4, -0.2) is 41.9 Å². The molecule has 20 heavy (non-hydrogen) atoms. The molecule has 3 rings (SSSR count). The molecule has 2 saturated heterocycles. The van der Waals surface area contributed by atoms with Crippen molar-refractivity contribution in [1.82, 2.24) is 4.90 Å². The zero-order valence-corrected chi connectivity index (χ0v) is 11.5. The molecule has 0 bridgehead atoms. The Bertz CT molecular complexity index is 494. The SMILES string of the molecule is O=C(c1ccccc1)C1CCCN1C(=O)C1CCCO1. The van der Waals surface area contributed by atoms with Gasteiger partial charge in [-0.25, -0.2) is 0 Å². The minimum Gasteiger partial charge on any atom is -0.368 e. The summed E-state index contributed by atoms with van der Waals surface area (Å²) in [7, 11) is 0. The van der Waals surface area contributed by atoms with E-state index in [1.165, 1.54) is 0 Å². The van der Waals surface area contributed by atoms with Gasteiger partial charge in [0.15, 0.2) is 5.78 Å². The summed E-state index contributed by atoms with van der Waals surface area (Å²) in [6.45, 7) is 1.32. The molecular weight excluding hydrogens is 254 g/mol. The number of rotatable bonds is 3. The lowest BCUT2D eigenvalue weighted by atomic mass is 10.0. The third kappa shape index (κ3) is 2.48. The normalized spacial score (nSPS) is 25.9. The average molecular weight is 273 g/mol. The van der Waals surface area contributed by atoms with E-state index in [4.69, 9.17) is 4.74 Å². The summed E-state index contributed by atoms with van der Waals surface area (Å²) in [5.41, 5.74) is 0.685. The molecule has 2 aliphatic heterocycles. The summed E-state index contributed by atoms with van der Waals surface area (Å²) in [6, 6.07) is 8.92. The van der Waals surface area contributed by atoms with Gasteiger partial charge in [-0.1, -0.05) is 30.3 Å². The van der Waals surface area contributed by atoms with Gasteiger partial charge < -0.3 is 9.64 Å². The lowest BCUT2D eigenvalue weighted by molar-refractivity contribution is -0.141. The molecule has 1 aromatic rings. The van der Waals surface area contributed by atoms with E-state index in [2.05, 4.69) is 0 Å². The number of ether oxygens (including phenoxy) is 1. The highest BCUT2D eigenvalue weighted by atomic mass is 16.5. The molecule has 0 aromatic heterocycles. The van der Waals surface area contributed by atoms with Crippen molar-refractivity contribution < 1.29 is 14.3 Å². The van der Waals surface area contributed by atoms with E-state index in [1.54, 1.807) is 4.90 Å². The Morgan fingerprint density at radius 1 is 1.10 bits per heavy atom. The number of nitrogens with zero attached hydrogens (tertiary/aromatic N) is 1. The minimum atomic E-state index is -0.334. The van der Waals surface area contributed by atoms with Crippen molar-refractivity contribution in [2.24, 2.45) is 0 Å². The van der Waals surface area contributed by atoms with Gasteiger partial charge in [-0.2, -0.15) is 0 Å². The number of carbonyl (C=O) groups is 2. The third-order valence-electron chi connectivity index (χ3n) is 4.10. The maximum absolute atomic E-state index is 12.5. The minimum absolute atomic E-state index is 0.00530. The average Bonchev–Trinajstić information content (AvgIpc) is 3.18. The molecule has 1 amide bonds. The first-order valence-electron chi connectivity index (χ1n) is 7.29. The Morgan fingerprint density at radius 2 is 1.90 bits per heavy atom. The Hall–Kier alpha value is -1.68. The van der Waals surface area contributed by atoms with Gasteiger partial charge in [0, 0.05) is 18.7 Å². The lowest BCUT2D eigenvalue weighted by Crippen LogP contribution is -2.45. The summed E-state index contributed by atoms with van der Waals surface area (Å²) in [4.78, 5) is 26.7. The maximum Gasteiger partial charge on any atom is 0.252 e. The fourth-order valence-electron chi connectivity index (χ4n) is 3.06. The molecule has 2 unspecified atom stereocenters.